The van der Waals surface area contributed by atoms with E-state index >= 15 is 0 Å². The van der Waals surface area contributed by atoms with Gasteiger partial charge in [-0.05, 0) is 43.2 Å². The van der Waals surface area contributed by atoms with Crippen LogP contribution in [0.4, 0.5) is 11.4 Å². The predicted molar refractivity (Wildman–Crippen MR) is 98.4 cm³/mol. The van der Waals surface area contributed by atoms with Crippen LogP contribution in [0.15, 0.2) is 42.5 Å². The Hall–Kier alpha value is -2.62. The smallest absolute Gasteiger partial charge is 0.255 e. The molecule has 0 heterocycles. The number of carbonyl (C=O) groups excluding carboxylic acids is 2. The third kappa shape index (κ3) is 4.22. The Morgan fingerprint density at radius 3 is 2.04 bits per heavy atom. The fourth-order valence-electron chi connectivity index (χ4n) is 2.25. The summed E-state index contributed by atoms with van der Waals surface area (Å²) in [6, 6.07) is 12.8. The molecule has 0 radical (unpaired) electrons. The van der Waals surface area contributed by atoms with E-state index in [4.69, 9.17) is 0 Å². The Morgan fingerprint density at radius 2 is 1.46 bits per heavy atom. The van der Waals surface area contributed by atoms with Crippen molar-refractivity contribution in [3.05, 3.63) is 59.2 Å². The number of anilines is 2. The van der Waals surface area contributed by atoms with Gasteiger partial charge >= 0.3 is 0 Å². The van der Waals surface area contributed by atoms with E-state index in [2.05, 4.69) is 10.6 Å². The molecular weight excluding hydrogens is 300 g/mol. The zero-order chi connectivity index (χ0) is 17.9. The molecular formula is C20H24N2O2. The van der Waals surface area contributed by atoms with Gasteiger partial charge in [0.25, 0.3) is 5.91 Å². The SMILES string of the molecule is Cc1cccc(C)c1NC(=O)c1cccc(NC(=O)C(C)(C)C)c1. The van der Waals surface area contributed by atoms with Gasteiger partial charge in [-0.25, -0.2) is 0 Å². The maximum absolute atomic E-state index is 12.5. The molecule has 0 spiro atoms. The minimum atomic E-state index is -0.490. The molecule has 126 valence electrons. The van der Waals surface area contributed by atoms with E-state index in [1.54, 1.807) is 24.3 Å². The molecule has 0 fully saturated rings. The Balaban J connectivity index is 2.19. The van der Waals surface area contributed by atoms with Gasteiger partial charge in [-0.15, -0.1) is 0 Å². The van der Waals surface area contributed by atoms with E-state index in [-0.39, 0.29) is 11.8 Å². The predicted octanol–water partition coefficient (Wildman–Crippen LogP) is 4.54. The van der Waals surface area contributed by atoms with Gasteiger partial charge in [0.05, 0.1) is 0 Å². The fourth-order valence-corrected chi connectivity index (χ4v) is 2.25. The van der Waals surface area contributed by atoms with E-state index in [1.165, 1.54) is 0 Å². The van der Waals surface area contributed by atoms with E-state index in [0.29, 0.717) is 11.3 Å². The monoisotopic (exact) mass is 324 g/mol. The van der Waals surface area contributed by atoms with E-state index < -0.39 is 5.41 Å². The molecule has 0 atom stereocenters. The molecule has 4 heteroatoms. The molecule has 0 saturated heterocycles. The number of para-hydroxylation sites is 1. The minimum absolute atomic E-state index is 0.0881. The van der Waals surface area contributed by atoms with Crippen molar-refractivity contribution in [2.45, 2.75) is 34.6 Å². The van der Waals surface area contributed by atoms with E-state index in [1.807, 2.05) is 52.8 Å². The zero-order valence-corrected chi connectivity index (χ0v) is 14.9. The summed E-state index contributed by atoms with van der Waals surface area (Å²) in [7, 11) is 0. The number of carbonyl (C=O) groups is 2. The highest BCUT2D eigenvalue weighted by molar-refractivity contribution is 6.06. The van der Waals surface area contributed by atoms with Crippen LogP contribution >= 0.6 is 0 Å². The molecule has 2 aromatic rings. The maximum atomic E-state index is 12.5. The number of benzene rings is 2. The summed E-state index contributed by atoms with van der Waals surface area (Å²) >= 11 is 0. The lowest BCUT2D eigenvalue weighted by atomic mass is 9.95. The van der Waals surface area contributed by atoms with Crippen LogP contribution in [0.5, 0.6) is 0 Å². The Kier molecular flexibility index (Phi) is 5.07. The molecule has 0 unspecified atom stereocenters. The summed E-state index contributed by atoms with van der Waals surface area (Å²) in [5, 5.41) is 5.80. The first-order valence-electron chi connectivity index (χ1n) is 7.97. The Bertz CT molecular complexity index is 753. The van der Waals surface area contributed by atoms with Crippen molar-refractivity contribution in [1.82, 2.24) is 0 Å². The largest absolute Gasteiger partial charge is 0.326 e. The quantitative estimate of drug-likeness (QED) is 0.871. The van der Waals surface area contributed by atoms with E-state index in [0.717, 1.165) is 16.8 Å². The molecule has 0 aliphatic heterocycles. The molecule has 0 aliphatic carbocycles. The summed E-state index contributed by atoms with van der Waals surface area (Å²) in [6.07, 6.45) is 0. The first-order valence-corrected chi connectivity index (χ1v) is 7.97. The van der Waals surface area contributed by atoms with Gasteiger partial charge in [-0.3, -0.25) is 9.59 Å². The van der Waals surface area contributed by atoms with Gasteiger partial charge in [-0.1, -0.05) is 45.0 Å². The standard InChI is InChI=1S/C20H24N2O2/c1-13-8-6-9-14(2)17(13)22-18(23)15-10-7-11-16(12-15)21-19(24)20(3,4)5/h6-12H,1-5H3,(H,21,24)(H,22,23). The molecule has 0 aliphatic rings. The lowest BCUT2D eigenvalue weighted by Crippen LogP contribution is -2.27. The highest BCUT2D eigenvalue weighted by Crippen LogP contribution is 2.22. The van der Waals surface area contributed by atoms with Crippen molar-refractivity contribution in [3.63, 3.8) is 0 Å². The van der Waals surface area contributed by atoms with E-state index in [9.17, 15) is 9.59 Å². The minimum Gasteiger partial charge on any atom is -0.326 e. The zero-order valence-electron chi connectivity index (χ0n) is 14.9. The Labute approximate surface area is 143 Å². The second-order valence-corrected chi connectivity index (χ2v) is 7.01. The highest BCUT2D eigenvalue weighted by Gasteiger charge is 2.21. The molecule has 0 bridgehead atoms. The van der Waals surface area contributed by atoms with Crippen LogP contribution in [0.25, 0.3) is 0 Å². The van der Waals surface area contributed by atoms with Crippen LogP contribution in [0.2, 0.25) is 0 Å². The summed E-state index contributed by atoms with van der Waals surface area (Å²) < 4.78 is 0. The van der Waals surface area contributed by atoms with Crippen molar-refractivity contribution < 1.29 is 9.59 Å². The summed E-state index contributed by atoms with van der Waals surface area (Å²) in [5.41, 5.74) is 3.48. The number of nitrogens with one attached hydrogen (secondary N) is 2. The van der Waals surface area contributed by atoms with Gasteiger partial charge in [0.1, 0.15) is 0 Å². The number of rotatable bonds is 3. The van der Waals surface area contributed by atoms with Gasteiger partial charge in [0.2, 0.25) is 5.91 Å². The molecule has 24 heavy (non-hydrogen) atoms. The van der Waals surface area contributed by atoms with Crippen molar-refractivity contribution in [3.8, 4) is 0 Å². The van der Waals surface area contributed by atoms with Crippen molar-refractivity contribution in [2.24, 2.45) is 5.41 Å². The van der Waals surface area contributed by atoms with Crippen LogP contribution in [0, 0.1) is 19.3 Å². The number of amides is 2. The molecule has 4 nitrogen and oxygen atoms in total. The molecule has 2 N–H and O–H groups in total. The summed E-state index contributed by atoms with van der Waals surface area (Å²) in [5.74, 6) is -0.283. The average molecular weight is 324 g/mol. The van der Waals surface area contributed by atoms with Crippen LogP contribution in [-0.4, -0.2) is 11.8 Å². The van der Waals surface area contributed by atoms with Crippen LogP contribution in [0.1, 0.15) is 42.3 Å². The third-order valence-corrected chi connectivity index (χ3v) is 3.78. The normalized spacial score (nSPS) is 11.0. The summed E-state index contributed by atoms with van der Waals surface area (Å²) in [4.78, 5) is 24.6. The van der Waals surface area contributed by atoms with Crippen LogP contribution in [-0.2, 0) is 4.79 Å². The third-order valence-electron chi connectivity index (χ3n) is 3.78. The maximum Gasteiger partial charge on any atom is 0.255 e. The van der Waals surface area contributed by atoms with Crippen molar-refractivity contribution in [1.29, 1.82) is 0 Å². The van der Waals surface area contributed by atoms with Crippen LogP contribution in [0.3, 0.4) is 0 Å². The fraction of sp³-hybridized carbons (Fsp3) is 0.300. The molecule has 2 amide bonds. The topological polar surface area (TPSA) is 58.2 Å². The van der Waals surface area contributed by atoms with Gasteiger partial charge in [-0.2, -0.15) is 0 Å². The highest BCUT2D eigenvalue weighted by atomic mass is 16.2. The van der Waals surface area contributed by atoms with Gasteiger partial charge in [0, 0.05) is 22.4 Å². The lowest BCUT2D eigenvalue weighted by molar-refractivity contribution is -0.123. The second-order valence-electron chi connectivity index (χ2n) is 7.01. The Morgan fingerprint density at radius 1 is 0.875 bits per heavy atom. The van der Waals surface area contributed by atoms with Gasteiger partial charge < -0.3 is 10.6 Å². The second kappa shape index (κ2) is 6.87. The average Bonchev–Trinajstić information content (AvgIpc) is 2.50. The molecule has 2 aromatic carbocycles. The number of hydrogen-bond acceptors (Lipinski definition) is 2. The number of aryl methyl sites for hydroxylation is 2. The lowest BCUT2D eigenvalue weighted by Gasteiger charge is -2.18. The van der Waals surface area contributed by atoms with Gasteiger partial charge in [0.15, 0.2) is 0 Å². The molecule has 0 aromatic heterocycles. The first-order chi connectivity index (χ1) is 11.2. The molecule has 0 saturated carbocycles. The van der Waals surface area contributed by atoms with Crippen LogP contribution < -0.4 is 10.6 Å². The number of hydrogen-bond donors (Lipinski definition) is 2. The molecule has 2 rings (SSSR count). The van der Waals surface area contributed by atoms with Crippen molar-refractivity contribution in [2.75, 3.05) is 10.6 Å². The van der Waals surface area contributed by atoms with Crippen molar-refractivity contribution >= 4 is 23.2 Å². The summed E-state index contributed by atoms with van der Waals surface area (Å²) in [6.45, 7) is 9.46. The first kappa shape index (κ1) is 17.7.